The Bertz CT molecular complexity index is 620. The van der Waals surface area contributed by atoms with Crippen LogP contribution in [0.4, 0.5) is 4.39 Å². The summed E-state index contributed by atoms with van der Waals surface area (Å²) in [6.07, 6.45) is 1.57. The summed E-state index contributed by atoms with van der Waals surface area (Å²) in [5, 5.41) is 9.98. The van der Waals surface area contributed by atoms with Gasteiger partial charge in [-0.05, 0) is 42.9 Å². The third kappa shape index (κ3) is 3.67. The quantitative estimate of drug-likeness (QED) is 0.919. The number of hydrogen-bond donors (Lipinski definition) is 1. The fourth-order valence-electron chi connectivity index (χ4n) is 3.59. The lowest BCUT2D eigenvalue weighted by Crippen LogP contribution is -2.34. The molecule has 6 heteroatoms. The van der Waals surface area contributed by atoms with Crippen LogP contribution >= 0.6 is 0 Å². The van der Waals surface area contributed by atoms with Gasteiger partial charge in [-0.1, -0.05) is 12.1 Å². The van der Waals surface area contributed by atoms with Gasteiger partial charge in [-0.25, -0.2) is 12.8 Å². The Kier molecular flexibility index (Phi) is 4.52. The van der Waals surface area contributed by atoms with Gasteiger partial charge in [0.1, 0.15) is 15.7 Å². The Hall–Kier alpha value is -0.980. The fraction of sp³-hybridized carbons (Fsp3) is 0.625. The Morgan fingerprint density at radius 1 is 1.27 bits per heavy atom. The molecule has 4 nitrogen and oxygen atoms in total. The van der Waals surface area contributed by atoms with Crippen LogP contribution in [0.3, 0.4) is 0 Å². The molecule has 0 spiro atoms. The molecule has 1 N–H and O–H groups in total. The Balaban J connectivity index is 1.69. The van der Waals surface area contributed by atoms with Crippen LogP contribution in [0.25, 0.3) is 0 Å². The number of likely N-dealkylation sites (tertiary alicyclic amines) is 1. The van der Waals surface area contributed by atoms with Gasteiger partial charge in [-0.3, -0.25) is 4.90 Å². The Morgan fingerprint density at radius 3 is 2.68 bits per heavy atom. The highest BCUT2D eigenvalue weighted by Gasteiger charge is 2.34. The van der Waals surface area contributed by atoms with Crippen LogP contribution in [0.5, 0.6) is 0 Å². The molecule has 2 atom stereocenters. The molecule has 0 radical (unpaired) electrons. The molecule has 0 aromatic heterocycles. The van der Waals surface area contributed by atoms with E-state index >= 15 is 0 Å². The van der Waals surface area contributed by atoms with Gasteiger partial charge < -0.3 is 5.11 Å². The predicted octanol–water partition coefficient (Wildman–Crippen LogP) is 1.76. The number of halogens is 1. The second-order valence-electron chi connectivity index (χ2n) is 6.51. The molecular formula is C16H22FNO3S. The van der Waals surface area contributed by atoms with Crippen molar-refractivity contribution in [2.24, 2.45) is 5.92 Å². The first-order valence-electron chi connectivity index (χ1n) is 7.81. The van der Waals surface area contributed by atoms with Gasteiger partial charge in [-0.15, -0.1) is 0 Å². The molecule has 2 fully saturated rings. The van der Waals surface area contributed by atoms with Crippen molar-refractivity contribution >= 4 is 9.84 Å². The summed E-state index contributed by atoms with van der Waals surface area (Å²) in [6.45, 7) is 1.35. The van der Waals surface area contributed by atoms with Crippen LogP contribution in [-0.2, 0) is 9.84 Å². The topological polar surface area (TPSA) is 57.6 Å². The predicted molar refractivity (Wildman–Crippen MR) is 82.7 cm³/mol. The van der Waals surface area contributed by atoms with Crippen molar-refractivity contribution in [3.05, 3.63) is 35.6 Å². The van der Waals surface area contributed by atoms with E-state index in [1.165, 1.54) is 12.1 Å². The van der Waals surface area contributed by atoms with E-state index < -0.39 is 15.9 Å². The average molecular weight is 327 g/mol. The van der Waals surface area contributed by atoms with Crippen molar-refractivity contribution in [3.8, 4) is 0 Å². The van der Waals surface area contributed by atoms with Crippen molar-refractivity contribution in [1.82, 2.24) is 4.90 Å². The van der Waals surface area contributed by atoms with E-state index in [0.29, 0.717) is 31.7 Å². The molecule has 2 heterocycles. The van der Waals surface area contributed by atoms with Gasteiger partial charge in [0, 0.05) is 19.1 Å². The molecule has 2 aliphatic heterocycles. The van der Waals surface area contributed by atoms with Gasteiger partial charge in [0.15, 0.2) is 0 Å². The van der Waals surface area contributed by atoms with Gasteiger partial charge >= 0.3 is 0 Å². The molecule has 0 amide bonds. The van der Waals surface area contributed by atoms with E-state index in [4.69, 9.17) is 0 Å². The molecule has 0 saturated carbocycles. The smallest absolute Gasteiger partial charge is 0.150 e. The zero-order valence-corrected chi connectivity index (χ0v) is 13.3. The second kappa shape index (κ2) is 6.26. The normalized spacial score (nSPS) is 29.7. The minimum atomic E-state index is -2.85. The van der Waals surface area contributed by atoms with E-state index in [1.807, 2.05) is 6.07 Å². The third-order valence-electron chi connectivity index (χ3n) is 4.78. The van der Waals surface area contributed by atoms with Gasteiger partial charge in [0.25, 0.3) is 0 Å². The average Bonchev–Trinajstić information content (AvgIpc) is 2.82. The second-order valence-corrected chi connectivity index (χ2v) is 8.81. The minimum absolute atomic E-state index is 0.0178. The number of sulfone groups is 1. The first kappa shape index (κ1) is 15.9. The van der Waals surface area contributed by atoms with Crippen LogP contribution in [0.2, 0.25) is 0 Å². The van der Waals surface area contributed by atoms with Gasteiger partial charge in [0.05, 0.1) is 17.6 Å². The lowest BCUT2D eigenvalue weighted by atomic mass is 9.99. The van der Waals surface area contributed by atoms with Crippen LogP contribution in [-0.4, -0.2) is 49.1 Å². The summed E-state index contributed by atoms with van der Waals surface area (Å²) >= 11 is 0. The molecule has 2 aliphatic rings. The van der Waals surface area contributed by atoms with Crippen molar-refractivity contribution in [1.29, 1.82) is 0 Å². The van der Waals surface area contributed by atoms with Gasteiger partial charge in [0.2, 0.25) is 0 Å². The zero-order chi connectivity index (χ0) is 15.7. The summed E-state index contributed by atoms with van der Waals surface area (Å²) in [6, 6.07) is 6.56. The first-order chi connectivity index (χ1) is 10.4. The number of hydrogen-bond acceptors (Lipinski definition) is 4. The van der Waals surface area contributed by atoms with Gasteiger partial charge in [-0.2, -0.15) is 0 Å². The largest absolute Gasteiger partial charge is 0.392 e. The third-order valence-corrected chi connectivity index (χ3v) is 6.50. The Labute approximate surface area is 130 Å². The van der Waals surface area contributed by atoms with E-state index in [2.05, 4.69) is 4.90 Å². The highest BCUT2D eigenvalue weighted by atomic mass is 32.2. The molecule has 1 aromatic rings. The number of benzene rings is 1. The standard InChI is InChI=1S/C16H22FNO3S/c17-14-3-1-2-13(8-14)16-9-15(19)11-18(16)10-12-4-6-22(20,21)7-5-12/h1-3,8,12,15-16,19H,4-7,9-11H2/t15-,16-/m1/s1. The minimum Gasteiger partial charge on any atom is -0.392 e. The molecule has 2 saturated heterocycles. The van der Waals surface area contributed by atoms with Crippen molar-refractivity contribution in [2.45, 2.75) is 31.4 Å². The molecule has 122 valence electrons. The molecule has 3 rings (SSSR count). The van der Waals surface area contributed by atoms with E-state index in [-0.39, 0.29) is 23.4 Å². The van der Waals surface area contributed by atoms with Crippen molar-refractivity contribution in [2.75, 3.05) is 24.6 Å². The first-order valence-corrected chi connectivity index (χ1v) is 9.63. The number of aliphatic hydroxyl groups is 1. The van der Waals surface area contributed by atoms with E-state index in [1.54, 1.807) is 6.07 Å². The maximum Gasteiger partial charge on any atom is 0.150 e. The maximum absolute atomic E-state index is 13.4. The number of rotatable bonds is 3. The highest BCUT2D eigenvalue weighted by molar-refractivity contribution is 7.91. The summed E-state index contributed by atoms with van der Waals surface area (Å²) < 4.78 is 36.5. The monoisotopic (exact) mass is 327 g/mol. The van der Waals surface area contributed by atoms with Crippen LogP contribution in [0.1, 0.15) is 30.9 Å². The summed E-state index contributed by atoms with van der Waals surface area (Å²) in [7, 11) is -2.85. The maximum atomic E-state index is 13.4. The molecular weight excluding hydrogens is 305 g/mol. The number of β-amino-alcohol motifs (C(OH)–C–C–N with tert-alkyl or cyclic N) is 1. The van der Waals surface area contributed by atoms with E-state index in [0.717, 1.165) is 12.1 Å². The number of nitrogens with zero attached hydrogens (tertiary/aromatic N) is 1. The SMILES string of the molecule is O=S1(=O)CCC(CN2C[C@H](O)C[C@@H]2c2cccc(F)c2)CC1. The lowest BCUT2D eigenvalue weighted by Gasteiger charge is -2.30. The highest BCUT2D eigenvalue weighted by Crippen LogP contribution is 2.34. The summed E-state index contributed by atoms with van der Waals surface area (Å²) in [5.41, 5.74) is 0.889. The summed E-state index contributed by atoms with van der Waals surface area (Å²) in [4.78, 5) is 2.18. The molecule has 0 unspecified atom stereocenters. The van der Waals surface area contributed by atoms with E-state index in [9.17, 15) is 17.9 Å². The van der Waals surface area contributed by atoms with Crippen LogP contribution in [0, 0.1) is 11.7 Å². The molecule has 22 heavy (non-hydrogen) atoms. The lowest BCUT2D eigenvalue weighted by molar-refractivity contribution is 0.163. The molecule has 0 aliphatic carbocycles. The number of aliphatic hydroxyl groups excluding tert-OH is 1. The van der Waals surface area contributed by atoms with Crippen molar-refractivity contribution < 1.29 is 17.9 Å². The molecule has 1 aromatic carbocycles. The van der Waals surface area contributed by atoms with Crippen LogP contribution < -0.4 is 0 Å². The van der Waals surface area contributed by atoms with Crippen LogP contribution in [0.15, 0.2) is 24.3 Å². The summed E-state index contributed by atoms with van der Waals surface area (Å²) in [5.74, 6) is 0.602. The Morgan fingerprint density at radius 2 is 2.00 bits per heavy atom. The fourth-order valence-corrected chi connectivity index (χ4v) is 5.18. The zero-order valence-electron chi connectivity index (χ0n) is 12.5. The molecule has 0 bridgehead atoms. The van der Waals surface area contributed by atoms with Crippen molar-refractivity contribution in [3.63, 3.8) is 0 Å².